The molecule has 2 aromatic rings. The first-order chi connectivity index (χ1) is 12.2. The number of carbonyl (C=O) groups is 1. The van der Waals surface area contributed by atoms with Crippen molar-refractivity contribution in [2.45, 2.75) is 65.1 Å². The highest BCUT2D eigenvalue weighted by molar-refractivity contribution is 5.81. The van der Waals surface area contributed by atoms with Gasteiger partial charge in [-0.25, -0.2) is 4.79 Å². The molecular formula is C21H33N3O2. The molecule has 5 nitrogen and oxygen atoms in total. The van der Waals surface area contributed by atoms with Crippen LogP contribution < -0.4 is 5.32 Å². The smallest absolute Gasteiger partial charge is 0.317 e. The van der Waals surface area contributed by atoms with Crippen molar-refractivity contribution in [2.75, 3.05) is 13.6 Å². The molecule has 0 aliphatic rings. The number of carbonyl (C=O) groups excluding carboxylic acids is 1. The molecule has 0 saturated heterocycles. The Balaban J connectivity index is 1.82. The molecule has 1 heterocycles. The minimum absolute atomic E-state index is 0.0464. The van der Waals surface area contributed by atoms with Crippen LogP contribution in [0.3, 0.4) is 0 Å². The highest BCUT2D eigenvalue weighted by atomic mass is 16.3. The highest BCUT2D eigenvalue weighted by Crippen LogP contribution is 2.19. The highest BCUT2D eigenvalue weighted by Gasteiger charge is 2.15. The number of para-hydroxylation sites is 1. The third-order valence-electron chi connectivity index (χ3n) is 4.82. The van der Waals surface area contributed by atoms with E-state index >= 15 is 0 Å². The fraction of sp³-hybridized carbons (Fsp3) is 0.571. The van der Waals surface area contributed by atoms with Gasteiger partial charge in [-0.05, 0) is 64.5 Å². The SMILES string of the molecule is Cc1cc2ccccc2n1CCN(C)C(=O)N[C@@H](C)CCCC(C)(C)O. The molecule has 144 valence electrons. The first-order valence-electron chi connectivity index (χ1n) is 9.46. The Labute approximate surface area is 157 Å². The molecule has 2 rings (SSSR count). The van der Waals surface area contributed by atoms with Crippen LogP contribution in [0.1, 0.15) is 45.7 Å². The molecule has 0 aliphatic heterocycles. The number of urea groups is 1. The van der Waals surface area contributed by atoms with Crippen molar-refractivity contribution in [2.24, 2.45) is 0 Å². The Hall–Kier alpha value is -2.01. The van der Waals surface area contributed by atoms with Crippen LogP contribution in [0.15, 0.2) is 30.3 Å². The van der Waals surface area contributed by atoms with Gasteiger partial charge in [-0.3, -0.25) is 0 Å². The number of hydrogen-bond donors (Lipinski definition) is 2. The molecule has 1 aromatic carbocycles. The molecule has 0 fully saturated rings. The number of nitrogens with zero attached hydrogens (tertiary/aromatic N) is 2. The van der Waals surface area contributed by atoms with E-state index < -0.39 is 5.60 Å². The zero-order valence-electron chi connectivity index (χ0n) is 16.7. The van der Waals surface area contributed by atoms with E-state index in [1.807, 2.05) is 40.0 Å². The maximum Gasteiger partial charge on any atom is 0.317 e. The van der Waals surface area contributed by atoms with E-state index in [1.165, 1.54) is 16.6 Å². The molecule has 0 aliphatic carbocycles. The van der Waals surface area contributed by atoms with Crippen LogP contribution in [0.2, 0.25) is 0 Å². The summed E-state index contributed by atoms with van der Waals surface area (Å²) in [4.78, 5) is 14.1. The van der Waals surface area contributed by atoms with Crippen molar-refractivity contribution >= 4 is 16.9 Å². The molecule has 0 radical (unpaired) electrons. The Morgan fingerprint density at radius 2 is 2.04 bits per heavy atom. The molecule has 26 heavy (non-hydrogen) atoms. The number of benzene rings is 1. The summed E-state index contributed by atoms with van der Waals surface area (Å²) in [6, 6.07) is 10.6. The molecule has 5 heteroatoms. The maximum atomic E-state index is 12.4. The number of aromatic nitrogens is 1. The molecule has 1 aromatic heterocycles. The summed E-state index contributed by atoms with van der Waals surface area (Å²) in [6.45, 7) is 9.18. The lowest BCUT2D eigenvalue weighted by Crippen LogP contribution is -2.43. The van der Waals surface area contributed by atoms with Crippen LogP contribution >= 0.6 is 0 Å². The van der Waals surface area contributed by atoms with E-state index in [9.17, 15) is 9.90 Å². The minimum Gasteiger partial charge on any atom is -0.390 e. The fourth-order valence-electron chi connectivity index (χ4n) is 3.23. The third kappa shape index (κ3) is 5.77. The lowest BCUT2D eigenvalue weighted by Gasteiger charge is -2.23. The van der Waals surface area contributed by atoms with E-state index in [-0.39, 0.29) is 12.1 Å². The van der Waals surface area contributed by atoms with Gasteiger partial charge in [-0.2, -0.15) is 0 Å². The van der Waals surface area contributed by atoms with Crippen LogP contribution in [0, 0.1) is 6.92 Å². The van der Waals surface area contributed by atoms with Crippen molar-refractivity contribution in [1.29, 1.82) is 0 Å². The number of hydrogen-bond acceptors (Lipinski definition) is 2. The van der Waals surface area contributed by atoms with E-state index in [4.69, 9.17) is 0 Å². The van der Waals surface area contributed by atoms with Crippen molar-refractivity contribution in [1.82, 2.24) is 14.8 Å². The van der Waals surface area contributed by atoms with Crippen LogP contribution in [-0.4, -0.2) is 45.8 Å². The summed E-state index contributed by atoms with van der Waals surface area (Å²) < 4.78 is 2.26. The van der Waals surface area contributed by atoms with Gasteiger partial charge in [0.15, 0.2) is 0 Å². The van der Waals surface area contributed by atoms with E-state index in [0.29, 0.717) is 6.54 Å². The second-order valence-electron chi connectivity index (χ2n) is 7.97. The normalized spacial score (nSPS) is 13.0. The zero-order valence-corrected chi connectivity index (χ0v) is 16.7. The Morgan fingerprint density at radius 3 is 2.73 bits per heavy atom. The number of aryl methyl sites for hydroxylation is 1. The summed E-state index contributed by atoms with van der Waals surface area (Å²) in [5, 5.41) is 14.0. The predicted octanol–water partition coefficient (Wildman–Crippen LogP) is 3.92. The van der Waals surface area contributed by atoms with Crippen LogP contribution in [-0.2, 0) is 6.54 Å². The summed E-state index contributed by atoms with van der Waals surface area (Å²) in [6.07, 6.45) is 2.50. The summed E-state index contributed by atoms with van der Waals surface area (Å²) in [7, 11) is 1.83. The Morgan fingerprint density at radius 1 is 1.35 bits per heavy atom. The van der Waals surface area contributed by atoms with Crippen LogP contribution in [0.25, 0.3) is 10.9 Å². The lowest BCUT2D eigenvalue weighted by molar-refractivity contribution is 0.0676. The summed E-state index contributed by atoms with van der Waals surface area (Å²) in [5.74, 6) is 0. The van der Waals surface area contributed by atoms with Gasteiger partial charge in [0.2, 0.25) is 0 Å². The topological polar surface area (TPSA) is 57.5 Å². The molecule has 2 amide bonds. The number of fused-ring (bicyclic) bond motifs is 1. The van der Waals surface area contributed by atoms with Gasteiger partial charge in [0, 0.05) is 37.4 Å². The van der Waals surface area contributed by atoms with Gasteiger partial charge < -0.3 is 19.9 Å². The Bertz CT molecular complexity index is 730. The van der Waals surface area contributed by atoms with Crippen molar-refractivity contribution in [3.05, 3.63) is 36.0 Å². The average molecular weight is 360 g/mol. The Kier molecular flexibility index (Phi) is 6.70. The van der Waals surface area contributed by atoms with E-state index in [2.05, 4.69) is 35.0 Å². The molecule has 0 bridgehead atoms. The molecular weight excluding hydrogens is 326 g/mol. The van der Waals surface area contributed by atoms with Gasteiger partial charge in [0.05, 0.1) is 5.60 Å². The average Bonchev–Trinajstić information content (AvgIpc) is 2.86. The standard InChI is InChI=1S/C21H33N3O2/c1-16(9-8-12-21(3,4)26)22-20(25)23(5)13-14-24-17(2)15-18-10-6-7-11-19(18)24/h6-7,10-11,15-16,26H,8-9,12-14H2,1-5H3,(H,22,25)/t16-/m0/s1. The van der Waals surface area contributed by atoms with Gasteiger partial charge >= 0.3 is 6.03 Å². The van der Waals surface area contributed by atoms with E-state index in [0.717, 1.165) is 25.8 Å². The molecule has 0 unspecified atom stereocenters. The van der Waals surface area contributed by atoms with Gasteiger partial charge in [0.1, 0.15) is 0 Å². The van der Waals surface area contributed by atoms with Gasteiger partial charge in [-0.15, -0.1) is 0 Å². The number of likely N-dealkylation sites (N-methyl/N-ethyl adjacent to an activating group) is 1. The van der Waals surface area contributed by atoms with Crippen molar-refractivity contribution in [3.8, 4) is 0 Å². The van der Waals surface area contributed by atoms with Crippen molar-refractivity contribution < 1.29 is 9.90 Å². The minimum atomic E-state index is -0.641. The van der Waals surface area contributed by atoms with Gasteiger partial charge in [-0.1, -0.05) is 18.2 Å². The lowest BCUT2D eigenvalue weighted by atomic mass is 10.00. The monoisotopic (exact) mass is 359 g/mol. The third-order valence-corrected chi connectivity index (χ3v) is 4.82. The number of nitrogens with one attached hydrogen (secondary N) is 1. The second kappa shape index (κ2) is 8.58. The fourth-order valence-corrected chi connectivity index (χ4v) is 3.23. The van der Waals surface area contributed by atoms with Crippen molar-refractivity contribution in [3.63, 3.8) is 0 Å². The molecule has 1 atom stereocenters. The molecule has 2 N–H and O–H groups in total. The maximum absolute atomic E-state index is 12.4. The summed E-state index contributed by atoms with van der Waals surface area (Å²) >= 11 is 0. The van der Waals surface area contributed by atoms with E-state index in [1.54, 1.807) is 4.90 Å². The van der Waals surface area contributed by atoms with Gasteiger partial charge in [0.25, 0.3) is 0 Å². The first kappa shape index (κ1) is 20.3. The molecule has 0 saturated carbocycles. The zero-order chi connectivity index (χ0) is 19.3. The van der Waals surface area contributed by atoms with Crippen LogP contribution in [0.5, 0.6) is 0 Å². The first-order valence-corrected chi connectivity index (χ1v) is 9.46. The summed E-state index contributed by atoms with van der Waals surface area (Å²) in [5.41, 5.74) is 1.77. The van der Waals surface area contributed by atoms with Crippen LogP contribution in [0.4, 0.5) is 4.79 Å². The number of rotatable bonds is 8. The predicted molar refractivity (Wildman–Crippen MR) is 107 cm³/mol. The second-order valence-corrected chi connectivity index (χ2v) is 7.97. The molecule has 0 spiro atoms. The quantitative estimate of drug-likeness (QED) is 0.750. The number of amides is 2. The number of aliphatic hydroxyl groups is 1. The largest absolute Gasteiger partial charge is 0.390 e.